The zero-order valence-electron chi connectivity index (χ0n) is 12.3. The van der Waals surface area contributed by atoms with Gasteiger partial charge in [-0.3, -0.25) is 0 Å². The van der Waals surface area contributed by atoms with Gasteiger partial charge in [0.05, 0.1) is 12.9 Å². The van der Waals surface area contributed by atoms with Crippen molar-refractivity contribution >= 4 is 46.7 Å². The summed E-state index contributed by atoms with van der Waals surface area (Å²) in [6.45, 7) is 3.11. The molecular formula is C16H18Cl2N2S2. The lowest BCUT2D eigenvalue weighted by Gasteiger charge is -2.30. The number of rotatable bonds is 5. The summed E-state index contributed by atoms with van der Waals surface area (Å²) in [5.41, 5.74) is 1.17. The van der Waals surface area contributed by atoms with Crippen LogP contribution in [0.1, 0.15) is 25.3 Å². The van der Waals surface area contributed by atoms with Gasteiger partial charge in [0.2, 0.25) is 0 Å². The van der Waals surface area contributed by atoms with Crippen LogP contribution in [-0.2, 0) is 10.6 Å². The van der Waals surface area contributed by atoms with Crippen LogP contribution in [0.2, 0.25) is 10.0 Å². The van der Waals surface area contributed by atoms with Gasteiger partial charge in [0, 0.05) is 33.4 Å². The van der Waals surface area contributed by atoms with Gasteiger partial charge in [-0.2, -0.15) is 0 Å². The zero-order chi connectivity index (χ0) is 15.6. The molecule has 0 spiro atoms. The molecule has 1 aromatic heterocycles. The first kappa shape index (κ1) is 16.6. The summed E-state index contributed by atoms with van der Waals surface area (Å²) >= 11 is 16.6. The van der Waals surface area contributed by atoms with Gasteiger partial charge in [-0.15, -0.1) is 23.5 Å². The third kappa shape index (κ3) is 3.45. The summed E-state index contributed by atoms with van der Waals surface area (Å²) in [5.74, 6) is 1.16. The van der Waals surface area contributed by atoms with E-state index < -0.39 is 0 Å². The van der Waals surface area contributed by atoms with Crippen LogP contribution in [0, 0.1) is 0 Å². The average Bonchev–Trinajstić information content (AvgIpc) is 3.10. The number of aromatic nitrogens is 2. The van der Waals surface area contributed by atoms with E-state index in [0.717, 1.165) is 17.3 Å². The summed E-state index contributed by atoms with van der Waals surface area (Å²) in [7, 11) is 0. The Morgan fingerprint density at radius 3 is 2.95 bits per heavy atom. The minimum absolute atomic E-state index is 0.0673. The Balaban J connectivity index is 1.96. The maximum absolute atomic E-state index is 6.53. The normalized spacial score (nSPS) is 24.8. The van der Waals surface area contributed by atoms with Crippen molar-refractivity contribution in [2.24, 2.45) is 0 Å². The third-order valence-corrected chi connectivity index (χ3v) is 8.01. The van der Waals surface area contributed by atoms with Crippen LogP contribution in [0.5, 0.6) is 0 Å². The number of nitrogens with zero attached hydrogens (tertiary/aromatic N) is 2. The van der Waals surface area contributed by atoms with Crippen molar-refractivity contribution in [3.05, 3.63) is 52.5 Å². The Morgan fingerprint density at radius 2 is 2.27 bits per heavy atom. The SMILES string of the molecule is CCCC1CSC(Cn2ccnc2)(c2ccc(Cl)cc2Cl)S1. The smallest absolute Gasteiger partial charge is 0.106 e. The first-order valence-corrected chi connectivity index (χ1v) is 9.98. The molecule has 1 aliphatic heterocycles. The molecule has 22 heavy (non-hydrogen) atoms. The predicted molar refractivity (Wildman–Crippen MR) is 99.1 cm³/mol. The lowest BCUT2D eigenvalue weighted by molar-refractivity contribution is 0.651. The van der Waals surface area contributed by atoms with E-state index in [2.05, 4.69) is 22.5 Å². The summed E-state index contributed by atoms with van der Waals surface area (Å²) < 4.78 is 2.07. The first-order valence-electron chi connectivity index (χ1n) is 7.36. The van der Waals surface area contributed by atoms with Gasteiger partial charge in [0.1, 0.15) is 4.08 Å². The number of thioether (sulfide) groups is 2. The Hall–Kier alpha value is -0.290. The molecule has 0 radical (unpaired) electrons. The highest BCUT2D eigenvalue weighted by atomic mass is 35.5. The summed E-state index contributed by atoms with van der Waals surface area (Å²) in [6.07, 6.45) is 8.17. The first-order chi connectivity index (χ1) is 10.6. The fraction of sp³-hybridized carbons (Fsp3) is 0.438. The molecule has 1 aromatic carbocycles. The number of halogens is 2. The fourth-order valence-electron chi connectivity index (χ4n) is 2.76. The standard InChI is InChI=1S/C16H18Cl2N2S2/c1-2-3-13-9-21-16(22-13,10-20-7-6-19-11-20)14-5-4-12(17)8-15(14)18/h4-8,11,13H,2-3,9-10H2,1H3. The lowest BCUT2D eigenvalue weighted by Crippen LogP contribution is -2.22. The Kier molecular flexibility index (Phi) is 5.33. The van der Waals surface area contributed by atoms with Gasteiger partial charge in [0.15, 0.2) is 0 Å². The van der Waals surface area contributed by atoms with Crippen molar-refractivity contribution < 1.29 is 0 Å². The fourth-order valence-corrected chi connectivity index (χ4v) is 7.42. The van der Waals surface area contributed by atoms with E-state index in [1.54, 1.807) is 0 Å². The molecule has 2 heterocycles. The third-order valence-electron chi connectivity index (χ3n) is 3.76. The summed E-state index contributed by atoms with van der Waals surface area (Å²) in [4.78, 5) is 4.17. The second-order valence-electron chi connectivity index (χ2n) is 5.45. The molecule has 0 bridgehead atoms. The monoisotopic (exact) mass is 372 g/mol. The van der Waals surface area contributed by atoms with Crippen LogP contribution in [-0.4, -0.2) is 20.6 Å². The number of imidazole rings is 1. The van der Waals surface area contributed by atoms with E-state index in [1.165, 1.54) is 18.4 Å². The molecule has 6 heteroatoms. The molecule has 0 amide bonds. The molecule has 2 aromatic rings. The van der Waals surface area contributed by atoms with E-state index in [4.69, 9.17) is 23.2 Å². The highest BCUT2D eigenvalue weighted by Crippen LogP contribution is 2.58. The van der Waals surface area contributed by atoms with Crippen LogP contribution in [0.15, 0.2) is 36.9 Å². The quantitative estimate of drug-likeness (QED) is 0.670. The number of benzene rings is 1. The highest BCUT2D eigenvalue weighted by molar-refractivity contribution is 8.21. The largest absolute Gasteiger partial charge is 0.335 e. The molecule has 1 aliphatic rings. The van der Waals surface area contributed by atoms with Gasteiger partial charge in [-0.25, -0.2) is 4.98 Å². The lowest BCUT2D eigenvalue weighted by atomic mass is 10.1. The molecular weight excluding hydrogens is 355 g/mol. The van der Waals surface area contributed by atoms with Gasteiger partial charge in [-0.05, 0) is 24.1 Å². The van der Waals surface area contributed by atoms with Crippen molar-refractivity contribution in [1.29, 1.82) is 0 Å². The van der Waals surface area contributed by atoms with Crippen LogP contribution >= 0.6 is 46.7 Å². The van der Waals surface area contributed by atoms with E-state index in [0.29, 0.717) is 10.3 Å². The molecule has 118 valence electrons. The van der Waals surface area contributed by atoms with Crippen LogP contribution < -0.4 is 0 Å². The molecule has 3 rings (SSSR count). The maximum Gasteiger partial charge on any atom is 0.106 e. The zero-order valence-corrected chi connectivity index (χ0v) is 15.5. The summed E-state index contributed by atoms with van der Waals surface area (Å²) in [6, 6.07) is 5.87. The highest BCUT2D eigenvalue weighted by Gasteiger charge is 2.43. The minimum atomic E-state index is -0.0673. The molecule has 0 N–H and O–H groups in total. The van der Waals surface area contributed by atoms with Gasteiger partial charge in [-0.1, -0.05) is 42.6 Å². The van der Waals surface area contributed by atoms with Crippen molar-refractivity contribution in [2.75, 3.05) is 5.75 Å². The molecule has 2 unspecified atom stereocenters. The van der Waals surface area contributed by atoms with E-state index in [1.807, 2.05) is 54.4 Å². The Morgan fingerprint density at radius 1 is 1.41 bits per heavy atom. The Bertz CT molecular complexity index is 633. The second kappa shape index (κ2) is 7.08. The van der Waals surface area contributed by atoms with E-state index in [-0.39, 0.29) is 4.08 Å². The van der Waals surface area contributed by atoms with Gasteiger partial charge < -0.3 is 4.57 Å². The molecule has 2 nitrogen and oxygen atoms in total. The van der Waals surface area contributed by atoms with Crippen LogP contribution in [0.25, 0.3) is 0 Å². The minimum Gasteiger partial charge on any atom is -0.335 e. The predicted octanol–water partition coefficient (Wildman–Crippen LogP) is 5.69. The van der Waals surface area contributed by atoms with Crippen molar-refractivity contribution in [3.8, 4) is 0 Å². The van der Waals surface area contributed by atoms with Crippen LogP contribution in [0.3, 0.4) is 0 Å². The van der Waals surface area contributed by atoms with Crippen LogP contribution in [0.4, 0.5) is 0 Å². The van der Waals surface area contributed by atoms with Gasteiger partial charge >= 0.3 is 0 Å². The van der Waals surface area contributed by atoms with E-state index >= 15 is 0 Å². The number of hydrogen-bond donors (Lipinski definition) is 0. The molecule has 1 saturated heterocycles. The summed E-state index contributed by atoms with van der Waals surface area (Å²) in [5, 5.41) is 2.11. The van der Waals surface area contributed by atoms with Crippen molar-refractivity contribution in [3.63, 3.8) is 0 Å². The average molecular weight is 373 g/mol. The molecule has 1 fully saturated rings. The topological polar surface area (TPSA) is 17.8 Å². The van der Waals surface area contributed by atoms with Crippen molar-refractivity contribution in [2.45, 2.75) is 35.6 Å². The Labute approximate surface area is 150 Å². The molecule has 2 atom stereocenters. The van der Waals surface area contributed by atoms with E-state index in [9.17, 15) is 0 Å². The molecule has 0 saturated carbocycles. The molecule has 0 aliphatic carbocycles. The van der Waals surface area contributed by atoms with Gasteiger partial charge in [0.25, 0.3) is 0 Å². The van der Waals surface area contributed by atoms with Crippen molar-refractivity contribution in [1.82, 2.24) is 9.55 Å². The maximum atomic E-state index is 6.53. The second-order valence-corrected chi connectivity index (χ2v) is 9.47. The number of hydrogen-bond acceptors (Lipinski definition) is 3.